The Morgan fingerprint density at radius 3 is 2.00 bits per heavy atom. The molecule has 1 aromatic carbocycles. The summed E-state index contributed by atoms with van der Waals surface area (Å²) >= 11 is 0. The second-order valence-corrected chi connectivity index (χ2v) is 6.32. The van der Waals surface area contributed by atoms with Gasteiger partial charge in [0.25, 0.3) is 0 Å². The smallest absolute Gasteiger partial charge is 0.0294 e. The van der Waals surface area contributed by atoms with Gasteiger partial charge in [-0.2, -0.15) is 0 Å². The van der Waals surface area contributed by atoms with Crippen molar-refractivity contribution >= 4 is 0 Å². The van der Waals surface area contributed by atoms with Gasteiger partial charge in [-0.15, -0.1) is 0 Å². The predicted octanol–water partition coefficient (Wildman–Crippen LogP) is 3.73. The van der Waals surface area contributed by atoms with E-state index in [9.17, 15) is 0 Å². The van der Waals surface area contributed by atoms with Crippen molar-refractivity contribution in [2.75, 3.05) is 0 Å². The second-order valence-electron chi connectivity index (χ2n) is 6.32. The third-order valence-corrected chi connectivity index (χ3v) is 4.36. The summed E-state index contributed by atoms with van der Waals surface area (Å²) in [4.78, 5) is 0. The van der Waals surface area contributed by atoms with Gasteiger partial charge in [-0.1, -0.05) is 38.1 Å². The Hall–Kier alpha value is -0.860. The van der Waals surface area contributed by atoms with Crippen molar-refractivity contribution in [2.24, 2.45) is 5.73 Å². The van der Waals surface area contributed by atoms with Crippen molar-refractivity contribution in [3.63, 3.8) is 0 Å². The van der Waals surface area contributed by atoms with Crippen LogP contribution in [0.2, 0.25) is 0 Å². The van der Waals surface area contributed by atoms with E-state index in [1.807, 2.05) is 0 Å². The van der Waals surface area contributed by atoms with Gasteiger partial charge < -0.3 is 11.1 Å². The van der Waals surface area contributed by atoms with E-state index in [2.05, 4.69) is 50.4 Å². The van der Waals surface area contributed by atoms with Crippen LogP contribution >= 0.6 is 0 Å². The molecule has 0 saturated heterocycles. The first-order chi connectivity index (χ1) is 9.06. The standard InChI is InChI=1S/C17H28N2/c1-12(2)14-4-6-15(7-5-14)13(3)19-17-10-8-16(18)9-11-17/h4-7,12-13,16-17,19H,8-11,18H2,1-3H3. The highest BCUT2D eigenvalue weighted by Crippen LogP contribution is 2.22. The Balaban J connectivity index is 1.90. The van der Waals surface area contributed by atoms with Gasteiger partial charge in [-0.05, 0) is 49.7 Å². The van der Waals surface area contributed by atoms with Crippen molar-refractivity contribution in [3.05, 3.63) is 35.4 Å². The molecule has 0 spiro atoms. The van der Waals surface area contributed by atoms with E-state index in [-0.39, 0.29) is 0 Å². The molecule has 19 heavy (non-hydrogen) atoms. The molecule has 1 fully saturated rings. The minimum Gasteiger partial charge on any atom is -0.328 e. The summed E-state index contributed by atoms with van der Waals surface area (Å²) in [5, 5.41) is 3.75. The molecule has 0 amide bonds. The Morgan fingerprint density at radius 2 is 1.47 bits per heavy atom. The summed E-state index contributed by atoms with van der Waals surface area (Å²) in [6.07, 6.45) is 4.76. The lowest BCUT2D eigenvalue weighted by Crippen LogP contribution is -2.38. The molecule has 1 unspecified atom stereocenters. The molecule has 1 saturated carbocycles. The van der Waals surface area contributed by atoms with Crippen molar-refractivity contribution in [1.29, 1.82) is 0 Å². The monoisotopic (exact) mass is 260 g/mol. The van der Waals surface area contributed by atoms with E-state index in [0.717, 1.165) is 12.8 Å². The van der Waals surface area contributed by atoms with E-state index in [1.165, 1.54) is 24.0 Å². The fourth-order valence-electron chi connectivity index (χ4n) is 2.91. The molecular formula is C17H28N2. The maximum absolute atomic E-state index is 5.96. The summed E-state index contributed by atoms with van der Waals surface area (Å²) in [6.45, 7) is 6.74. The lowest BCUT2D eigenvalue weighted by atomic mass is 9.91. The fraction of sp³-hybridized carbons (Fsp3) is 0.647. The summed E-state index contributed by atoms with van der Waals surface area (Å²) in [7, 11) is 0. The van der Waals surface area contributed by atoms with Crippen molar-refractivity contribution in [3.8, 4) is 0 Å². The largest absolute Gasteiger partial charge is 0.328 e. The lowest BCUT2D eigenvalue weighted by molar-refractivity contribution is 0.322. The lowest BCUT2D eigenvalue weighted by Gasteiger charge is -2.29. The number of rotatable bonds is 4. The number of benzene rings is 1. The maximum Gasteiger partial charge on any atom is 0.0294 e. The van der Waals surface area contributed by atoms with Gasteiger partial charge >= 0.3 is 0 Å². The molecule has 106 valence electrons. The van der Waals surface area contributed by atoms with E-state index in [0.29, 0.717) is 24.0 Å². The predicted molar refractivity (Wildman–Crippen MR) is 82.3 cm³/mol. The van der Waals surface area contributed by atoms with E-state index >= 15 is 0 Å². The minimum atomic E-state index is 0.429. The highest BCUT2D eigenvalue weighted by molar-refractivity contribution is 5.26. The number of nitrogens with two attached hydrogens (primary N) is 1. The molecule has 0 radical (unpaired) electrons. The first-order valence-electron chi connectivity index (χ1n) is 7.67. The maximum atomic E-state index is 5.96. The molecule has 1 aliphatic rings. The molecule has 1 aliphatic carbocycles. The van der Waals surface area contributed by atoms with Crippen LogP contribution in [-0.2, 0) is 0 Å². The van der Waals surface area contributed by atoms with Gasteiger partial charge in [-0.3, -0.25) is 0 Å². The zero-order chi connectivity index (χ0) is 13.8. The molecule has 1 atom stereocenters. The van der Waals surface area contributed by atoms with Crippen molar-refractivity contribution in [2.45, 2.75) is 70.5 Å². The molecule has 0 heterocycles. The quantitative estimate of drug-likeness (QED) is 0.865. The van der Waals surface area contributed by atoms with Gasteiger partial charge in [0, 0.05) is 18.1 Å². The van der Waals surface area contributed by atoms with Crippen LogP contribution < -0.4 is 11.1 Å². The second kappa shape index (κ2) is 6.53. The van der Waals surface area contributed by atoms with E-state index < -0.39 is 0 Å². The van der Waals surface area contributed by atoms with Crippen LogP contribution in [0.15, 0.2) is 24.3 Å². The summed E-state index contributed by atoms with van der Waals surface area (Å²) in [6, 6.07) is 10.5. The van der Waals surface area contributed by atoms with Gasteiger partial charge in [0.15, 0.2) is 0 Å². The zero-order valence-corrected chi connectivity index (χ0v) is 12.5. The number of hydrogen-bond donors (Lipinski definition) is 2. The Labute approximate surface area is 117 Å². The molecule has 3 N–H and O–H groups in total. The minimum absolute atomic E-state index is 0.429. The molecule has 0 aliphatic heterocycles. The Morgan fingerprint density at radius 1 is 0.947 bits per heavy atom. The summed E-state index contributed by atoms with van der Waals surface area (Å²) in [5.74, 6) is 0.608. The Kier molecular flexibility index (Phi) is 5.00. The SMILES string of the molecule is CC(C)c1ccc(C(C)NC2CCC(N)CC2)cc1. The topological polar surface area (TPSA) is 38.0 Å². The van der Waals surface area contributed by atoms with Crippen LogP contribution in [0.5, 0.6) is 0 Å². The number of nitrogens with one attached hydrogen (secondary N) is 1. The molecule has 2 nitrogen and oxygen atoms in total. The van der Waals surface area contributed by atoms with E-state index in [4.69, 9.17) is 5.73 Å². The average Bonchev–Trinajstić information content (AvgIpc) is 2.41. The summed E-state index contributed by atoms with van der Waals surface area (Å²) < 4.78 is 0. The van der Waals surface area contributed by atoms with Crippen LogP contribution in [0.1, 0.15) is 69.5 Å². The summed E-state index contributed by atoms with van der Waals surface area (Å²) in [5.41, 5.74) is 8.76. The van der Waals surface area contributed by atoms with Crippen molar-refractivity contribution in [1.82, 2.24) is 5.32 Å². The van der Waals surface area contributed by atoms with Crippen LogP contribution in [0.3, 0.4) is 0 Å². The Bertz CT molecular complexity index is 375. The van der Waals surface area contributed by atoms with Gasteiger partial charge in [-0.25, -0.2) is 0 Å². The zero-order valence-electron chi connectivity index (χ0n) is 12.5. The molecule has 0 bridgehead atoms. The first-order valence-corrected chi connectivity index (χ1v) is 7.67. The van der Waals surface area contributed by atoms with E-state index in [1.54, 1.807) is 0 Å². The fourth-order valence-corrected chi connectivity index (χ4v) is 2.91. The van der Waals surface area contributed by atoms with Crippen LogP contribution in [0.4, 0.5) is 0 Å². The van der Waals surface area contributed by atoms with Crippen LogP contribution in [0.25, 0.3) is 0 Å². The molecule has 1 aromatic rings. The first kappa shape index (κ1) is 14.5. The highest BCUT2D eigenvalue weighted by Gasteiger charge is 2.20. The third-order valence-electron chi connectivity index (χ3n) is 4.36. The molecular weight excluding hydrogens is 232 g/mol. The molecule has 2 heteroatoms. The average molecular weight is 260 g/mol. The number of hydrogen-bond acceptors (Lipinski definition) is 2. The molecule has 2 rings (SSSR count). The highest BCUT2D eigenvalue weighted by atomic mass is 14.9. The van der Waals surface area contributed by atoms with Crippen molar-refractivity contribution < 1.29 is 0 Å². The van der Waals surface area contributed by atoms with Gasteiger partial charge in [0.2, 0.25) is 0 Å². The van der Waals surface area contributed by atoms with Gasteiger partial charge in [0.05, 0.1) is 0 Å². The van der Waals surface area contributed by atoms with Gasteiger partial charge in [0.1, 0.15) is 0 Å². The van der Waals surface area contributed by atoms with Crippen LogP contribution in [0, 0.1) is 0 Å². The normalized spacial score (nSPS) is 25.5. The van der Waals surface area contributed by atoms with Crippen LogP contribution in [-0.4, -0.2) is 12.1 Å². The molecule has 0 aromatic heterocycles. The third kappa shape index (κ3) is 4.05.